The lowest BCUT2D eigenvalue weighted by molar-refractivity contribution is -0.131. The van der Waals surface area contributed by atoms with E-state index in [9.17, 15) is 4.79 Å². The van der Waals surface area contributed by atoms with Crippen molar-refractivity contribution in [1.82, 2.24) is 4.90 Å². The van der Waals surface area contributed by atoms with Crippen LogP contribution >= 0.6 is 0 Å². The molecule has 1 saturated heterocycles. The number of carbonyl (C=O) groups excluding carboxylic acids is 1. The molecule has 3 nitrogen and oxygen atoms in total. The molecule has 1 amide bonds. The van der Waals surface area contributed by atoms with E-state index >= 15 is 0 Å². The van der Waals surface area contributed by atoms with Crippen molar-refractivity contribution in [2.45, 2.75) is 44.6 Å². The normalized spacial score (nSPS) is 39.1. The minimum atomic E-state index is 0.327. The first kappa shape index (κ1) is 12.2. The van der Waals surface area contributed by atoms with E-state index in [2.05, 4.69) is 17.1 Å². The zero-order chi connectivity index (χ0) is 12.5. The van der Waals surface area contributed by atoms with Gasteiger partial charge in [0.25, 0.3) is 0 Å². The van der Waals surface area contributed by atoms with E-state index in [1.165, 1.54) is 12.8 Å². The molecule has 0 radical (unpaired) electrons. The van der Waals surface area contributed by atoms with Crippen molar-refractivity contribution in [2.24, 2.45) is 23.5 Å². The highest BCUT2D eigenvalue weighted by molar-refractivity contribution is 5.77. The van der Waals surface area contributed by atoms with E-state index in [0.29, 0.717) is 36.1 Å². The van der Waals surface area contributed by atoms with Crippen LogP contribution in [0.5, 0.6) is 0 Å². The van der Waals surface area contributed by atoms with E-state index in [-0.39, 0.29) is 0 Å². The molecule has 0 spiro atoms. The summed E-state index contributed by atoms with van der Waals surface area (Å²) in [4.78, 5) is 14.4. The van der Waals surface area contributed by atoms with Gasteiger partial charge < -0.3 is 10.6 Å². The molecule has 0 aromatic rings. The molecule has 3 heteroatoms. The van der Waals surface area contributed by atoms with Crippen LogP contribution in [-0.2, 0) is 4.79 Å². The highest BCUT2D eigenvalue weighted by Crippen LogP contribution is 2.36. The van der Waals surface area contributed by atoms with Crippen molar-refractivity contribution in [2.75, 3.05) is 13.1 Å². The van der Waals surface area contributed by atoms with Gasteiger partial charge in [0.15, 0.2) is 0 Å². The standard InChI is InChI=1S/C15H24N2O/c16-14-7-3-6-12-9-17(10-13(12)14)15(18)8-11-4-1-2-5-11/h1,4,11-14H,2-3,5-10,16H2. The van der Waals surface area contributed by atoms with Crippen molar-refractivity contribution >= 4 is 5.91 Å². The molecule has 1 saturated carbocycles. The van der Waals surface area contributed by atoms with Crippen LogP contribution < -0.4 is 5.73 Å². The molecule has 0 aromatic carbocycles. The fourth-order valence-corrected chi connectivity index (χ4v) is 3.94. The van der Waals surface area contributed by atoms with Gasteiger partial charge in [-0.2, -0.15) is 0 Å². The average Bonchev–Trinajstić information content (AvgIpc) is 2.97. The topological polar surface area (TPSA) is 46.3 Å². The number of hydrogen-bond donors (Lipinski definition) is 1. The molecule has 1 aliphatic heterocycles. The third kappa shape index (κ3) is 2.33. The Morgan fingerprint density at radius 3 is 2.89 bits per heavy atom. The third-order valence-corrected chi connectivity index (χ3v) is 5.06. The Bertz CT molecular complexity index is 352. The summed E-state index contributed by atoms with van der Waals surface area (Å²) < 4.78 is 0. The molecule has 4 atom stereocenters. The number of likely N-dealkylation sites (tertiary alicyclic amines) is 1. The van der Waals surface area contributed by atoms with Gasteiger partial charge in [0.1, 0.15) is 0 Å². The maximum Gasteiger partial charge on any atom is 0.223 e. The summed E-state index contributed by atoms with van der Waals surface area (Å²) in [7, 11) is 0. The maximum absolute atomic E-state index is 12.3. The van der Waals surface area contributed by atoms with Crippen molar-refractivity contribution in [3.8, 4) is 0 Å². The maximum atomic E-state index is 12.3. The minimum absolute atomic E-state index is 0.327. The first-order valence-corrected chi connectivity index (χ1v) is 7.44. The molecular formula is C15H24N2O. The average molecular weight is 248 g/mol. The van der Waals surface area contributed by atoms with Crippen LogP contribution in [0.25, 0.3) is 0 Å². The Morgan fingerprint density at radius 2 is 2.17 bits per heavy atom. The van der Waals surface area contributed by atoms with Crippen LogP contribution in [0.15, 0.2) is 12.2 Å². The van der Waals surface area contributed by atoms with Crippen molar-refractivity contribution in [3.63, 3.8) is 0 Å². The lowest BCUT2D eigenvalue weighted by Crippen LogP contribution is -2.38. The van der Waals surface area contributed by atoms with E-state index in [1.54, 1.807) is 0 Å². The van der Waals surface area contributed by atoms with Crippen LogP contribution in [0.4, 0.5) is 0 Å². The molecule has 3 aliphatic rings. The predicted octanol–water partition coefficient (Wildman–Crippen LogP) is 1.93. The van der Waals surface area contributed by atoms with E-state index in [0.717, 1.165) is 32.4 Å². The summed E-state index contributed by atoms with van der Waals surface area (Å²) in [5.41, 5.74) is 6.20. The molecule has 2 N–H and O–H groups in total. The minimum Gasteiger partial charge on any atom is -0.342 e. The van der Waals surface area contributed by atoms with Crippen molar-refractivity contribution in [3.05, 3.63) is 12.2 Å². The van der Waals surface area contributed by atoms with Gasteiger partial charge in [-0.1, -0.05) is 18.6 Å². The fraction of sp³-hybridized carbons (Fsp3) is 0.800. The highest BCUT2D eigenvalue weighted by atomic mass is 16.2. The van der Waals surface area contributed by atoms with Crippen molar-refractivity contribution in [1.29, 1.82) is 0 Å². The number of carbonyl (C=O) groups is 1. The van der Waals surface area contributed by atoms with Gasteiger partial charge in [0.05, 0.1) is 0 Å². The summed E-state index contributed by atoms with van der Waals surface area (Å²) in [5.74, 6) is 2.10. The number of hydrogen-bond acceptors (Lipinski definition) is 2. The molecule has 2 fully saturated rings. The first-order chi connectivity index (χ1) is 8.74. The predicted molar refractivity (Wildman–Crippen MR) is 71.9 cm³/mol. The van der Waals surface area contributed by atoms with Crippen LogP contribution in [-0.4, -0.2) is 29.9 Å². The van der Waals surface area contributed by atoms with E-state index in [1.807, 2.05) is 0 Å². The van der Waals surface area contributed by atoms with Gasteiger partial charge in [-0.25, -0.2) is 0 Å². The van der Waals surface area contributed by atoms with Gasteiger partial charge in [-0.05, 0) is 43.4 Å². The molecule has 18 heavy (non-hydrogen) atoms. The molecule has 100 valence electrons. The summed E-state index contributed by atoms with van der Waals surface area (Å²) in [6.45, 7) is 1.88. The molecule has 0 bridgehead atoms. The van der Waals surface area contributed by atoms with Gasteiger partial charge >= 0.3 is 0 Å². The summed E-state index contributed by atoms with van der Waals surface area (Å²) in [6, 6.07) is 0.327. The van der Waals surface area contributed by atoms with Gasteiger partial charge in [-0.15, -0.1) is 0 Å². The Hall–Kier alpha value is -0.830. The second-order valence-corrected chi connectivity index (χ2v) is 6.29. The van der Waals surface area contributed by atoms with Crippen molar-refractivity contribution < 1.29 is 4.79 Å². The SMILES string of the molecule is NC1CCCC2CN(C(=O)CC3C=CCC3)CC12. The molecule has 3 rings (SSSR count). The first-order valence-electron chi connectivity index (χ1n) is 7.44. The quantitative estimate of drug-likeness (QED) is 0.759. The Labute approximate surface area is 109 Å². The Morgan fingerprint density at radius 1 is 1.28 bits per heavy atom. The van der Waals surface area contributed by atoms with Gasteiger partial charge in [-0.3, -0.25) is 4.79 Å². The summed E-state index contributed by atoms with van der Waals surface area (Å²) in [5, 5.41) is 0. The van der Waals surface area contributed by atoms with Crippen LogP contribution in [0, 0.1) is 17.8 Å². The molecule has 0 aromatic heterocycles. The zero-order valence-electron chi connectivity index (χ0n) is 11.1. The fourth-order valence-electron chi connectivity index (χ4n) is 3.94. The lowest BCUT2D eigenvalue weighted by Gasteiger charge is -2.29. The number of rotatable bonds is 2. The third-order valence-electron chi connectivity index (χ3n) is 5.06. The monoisotopic (exact) mass is 248 g/mol. The van der Waals surface area contributed by atoms with Gasteiger partial charge in [0, 0.05) is 25.6 Å². The van der Waals surface area contributed by atoms with Crippen LogP contribution in [0.3, 0.4) is 0 Å². The number of amides is 1. The second-order valence-electron chi connectivity index (χ2n) is 6.29. The summed E-state index contributed by atoms with van der Waals surface area (Å²) >= 11 is 0. The Balaban J connectivity index is 1.57. The number of allylic oxidation sites excluding steroid dienone is 2. The van der Waals surface area contributed by atoms with Gasteiger partial charge in [0.2, 0.25) is 5.91 Å². The van der Waals surface area contributed by atoms with Crippen LogP contribution in [0.1, 0.15) is 38.5 Å². The smallest absolute Gasteiger partial charge is 0.223 e. The highest BCUT2D eigenvalue weighted by Gasteiger charge is 2.40. The molecule has 2 aliphatic carbocycles. The summed E-state index contributed by atoms with van der Waals surface area (Å²) in [6.07, 6.45) is 11.1. The lowest BCUT2D eigenvalue weighted by atomic mass is 9.78. The van der Waals surface area contributed by atoms with E-state index in [4.69, 9.17) is 5.73 Å². The molecule has 1 heterocycles. The van der Waals surface area contributed by atoms with Crippen LogP contribution in [0.2, 0.25) is 0 Å². The Kier molecular flexibility index (Phi) is 3.42. The molecule has 4 unspecified atom stereocenters. The number of nitrogens with zero attached hydrogens (tertiary/aromatic N) is 1. The molecular weight excluding hydrogens is 224 g/mol. The second kappa shape index (κ2) is 5.04. The zero-order valence-corrected chi connectivity index (χ0v) is 11.1. The largest absolute Gasteiger partial charge is 0.342 e. The van der Waals surface area contributed by atoms with E-state index < -0.39 is 0 Å². The number of fused-ring (bicyclic) bond motifs is 1. The number of nitrogens with two attached hydrogens (primary N) is 1.